The molecule has 2 heterocycles. The molecule has 1 aliphatic rings. The summed E-state index contributed by atoms with van der Waals surface area (Å²) in [6.45, 7) is 2.48. The number of nitrogens with zero attached hydrogens (tertiary/aromatic N) is 5. The molecular weight excluding hydrogens is 471 g/mol. The zero-order valence-electron chi connectivity index (χ0n) is 16.3. The first-order valence-corrected chi connectivity index (χ1v) is 10.4. The summed E-state index contributed by atoms with van der Waals surface area (Å²) in [7, 11) is 3.88. The fourth-order valence-corrected chi connectivity index (χ4v) is 3.71. The van der Waals surface area contributed by atoms with Crippen molar-refractivity contribution in [3.63, 3.8) is 0 Å². The van der Waals surface area contributed by atoms with Crippen molar-refractivity contribution >= 4 is 41.7 Å². The van der Waals surface area contributed by atoms with Crippen LogP contribution in [0.15, 0.2) is 34.2 Å². The van der Waals surface area contributed by atoms with Crippen LogP contribution < -0.4 is 5.32 Å². The fourth-order valence-electron chi connectivity index (χ4n) is 3.30. The Bertz CT molecular complexity index is 743. The van der Waals surface area contributed by atoms with E-state index >= 15 is 0 Å². The molecule has 2 aromatic rings. The van der Waals surface area contributed by atoms with Crippen LogP contribution in [0.3, 0.4) is 0 Å². The third kappa shape index (κ3) is 5.84. The zero-order valence-corrected chi connectivity index (χ0v) is 19.5. The minimum absolute atomic E-state index is 0. The molecule has 0 unspecified atom stereocenters. The highest BCUT2D eigenvalue weighted by atomic mass is 127. The van der Waals surface area contributed by atoms with Crippen LogP contribution in [0.5, 0.6) is 0 Å². The van der Waals surface area contributed by atoms with Crippen LogP contribution in [-0.4, -0.2) is 46.0 Å². The maximum absolute atomic E-state index is 4.42. The van der Waals surface area contributed by atoms with Gasteiger partial charge in [-0.1, -0.05) is 18.6 Å². The molecule has 0 saturated carbocycles. The molecular formula is C19H29IN6S. The van der Waals surface area contributed by atoms with Crippen LogP contribution in [-0.2, 0) is 26.1 Å². The summed E-state index contributed by atoms with van der Waals surface area (Å²) in [4.78, 5) is 7.83. The predicted octanol–water partition coefficient (Wildman–Crippen LogP) is 3.55. The van der Waals surface area contributed by atoms with Crippen molar-refractivity contribution < 1.29 is 0 Å². The summed E-state index contributed by atoms with van der Waals surface area (Å²) in [5, 5.41) is 12.2. The highest BCUT2D eigenvalue weighted by Gasteiger charge is 2.15. The summed E-state index contributed by atoms with van der Waals surface area (Å²) in [6, 6.07) is 8.67. The number of aromatic nitrogens is 3. The Hall–Kier alpha value is -1.29. The molecule has 0 spiro atoms. The number of hydrogen-bond donors (Lipinski definition) is 1. The quantitative estimate of drug-likeness (QED) is 0.295. The SMILES string of the molecule is CN=C(NCc1nnc2n1CCCCC2)N(C)Cc1ccc(SC)cc1.I. The predicted molar refractivity (Wildman–Crippen MR) is 123 cm³/mol. The minimum atomic E-state index is 0. The second-order valence-electron chi connectivity index (χ2n) is 6.60. The second kappa shape index (κ2) is 10.9. The molecule has 1 aromatic carbocycles. The Morgan fingerprint density at radius 1 is 1.22 bits per heavy atom. The Labute approximate surface area is 183 Å². The van der Waals surface area contributed by atoms with Crippen molar-refractivity contribution in [3.8, 4) is 0 Å². The van der Waals surface area contributed by atoms with Gasteiger partial charge in [0.1, 0.15) is 5.82 Å². The van der Waals surface area contributed by atoms with E-state index in [1.54, 1.807) is 11.8 Å². The zero-order chi connectivity index (χ0) is 18.4. The van der Waals surface area contributed by atoms with Gasteiger partial charge in [0, 0.05) is 38.5 Å². The number of halogens is 1. The van der Waals surface area contributed by atoms with Crippen LogP contribution in [0.2, 0.25) is 0 Å². The number of thioether (sulfide) groups is 1. The lowest BCUT2D eigenvalue weighted by Gasteiger charge is -2.22. The van der Waals surface area contributed by atoms with E-state index < -0.39 is 0 Å². The Morgan fingerprint density at radius 3 is 2.70 bits per heavy atom. The fraction of sp³-hybridized carbons (Fsp3) is 0.526. The molecule has 6 nitrogen and oxygen atoms in total. The van der Waals surface area contributed by atoms with Crippen LogP contribution in [0.4, 0.5) is 0 Å². The van der Waals surface area contributed by atoms with Crippen molar-refractivity contribution in [1.29, 1.82) is 0 Å². The molecule has 0 amide bonds. The molecule has 8 heteroatoms. The van der Waals surface area contributed by atoms with Gasteiger partial charge in [-0.3, -0.25) is 4.99 Å². The summed E-state index contributed by atoms with van der Waals surface area (Å²) >= 11 is 1.76. The van der Waals surface area contributed by atoms with E-state index in [4.69, 9.17) is 0 Å². The standard InChI is InChI=1S/C19H28N6S.HI/c1-20-19(24(2)14-15-8-10-16(26-3)11-9-15)21-13-18-23-22-17-7-5-4-6-12-25(17)18;/h8-11H,4-7,12-14H2,1-3H3,(H,20,21);1H. The molecule has 0 fully saturated rings. The highest BCUT2D eigenvalue weighted by Crippen LogP contribution is 2.16. The lowest BCUT2D eigenvalue weighted by atomic mass is 10.2. The molecule has 148 valence electrons. The Balaban J connectivity index is 0.00000261. The summed E-state index contributed by atoms with van der Waals surface area (Å²) < 4.78 is 2.27. The van der Waals surface area contributed by atoms with Gasteiger partial charge < -0.3 is 14.8 Å². The first-order chi connectivity index (χ1) is 12.7. The first kappa shape index (κ1) is 22.0. The maximum atomic E-state index is 4.42. The lowest BCUT2D eigenvalue weighted by molar-refractivity contribution is 0.473. The summed E-state index contributed by atoms with van der Waals surface area (Å²) in [5.41, 5.74) is 1.27. The van der Waals surface area contributed by atoms with Gasteiger partial charge >= 0.3 is 0 Å². The number of fused-ring (bicyclic) bond motifs is 1. The molecule has 3 rings (SSSR count). The molecule has 27 heavy (non-hydrogen) atoms. The van der Waals surface area contributed by atoms with Crippen LogP contribution in [0.1, 0.15) is 36.5 Å². The first-order valence-electron chi connectivity index (χ1n) is 9.17. The lowest BCUT2D eigenvalue weighted by Crippen LogP contribution is -2.38. The van der Waals surface area contributed by atoms with Gasteiger partial charge in [-0.2, -0.15) is 0 Å². The minimum Gasteiger partial charge on any atom is -0.349 e. The third-order valence-electron chi connectivity index (χ3n) is 4.74. The van der Waals surface area contributed by atoms with E-state index in [1.807, 2.05) is 7.05 Å². The number of benzene rings is 1. The van der Waals surface area contributed by atoms with E-state index in [0.717, 1.165) is 37.1 Å². The Morgan fingerprint density at radius 2 is 2.00 bits per heavy atom. The highest BCUT2D eigenvalue weighted by molar-refractivity contribution is 14.0. The van der Waals surface area contributed by atoms with Gasteiger partial charge in [0.25, 0.3) is 0 Å². The molecule has 1 aromatic heterocycles. The molecule has 0 saturated heterocycles. The van der Waals surface area contributed by atoms with Crippen molar-refractivity contribution in [3.05, 3.63) is 41.5 Å². The molecule has 0 atom stereocenters. The van der Waals surface area contributed by atoms with Gasteiger partial charge in [0.2, 0.25) is 0 Å². The van der Waals surface area contributed by atoms with Crippen LogP contribution >= 0.6 is 35.7 Å². The van der Waals surface area contributed by atoms with E-state index in [9.17, 15) is 0 Å². The molecule has 0 aliphatic carbocycles. The van der Waals surface area contributed by atoms with Crippen molar-refractivity contribution in [2.24, 2.45) is 4.99 Å². The topological polar surface area (TPSA) is 58.3 Å². The van der Waals surface area contributed by atoms with Gasteiger partial charge in [-0.15, -0.1) is 45.9 Å². The average Bonchev–Trinajstić information content (AvgIpc) is 2.89. The van der Waals surface area contributed by atoms with Crippen LogP contribution in [0, 0.1) is 0 Å². The largest absolute Gasteiger partial charge is 0.349 e. The van der Waals surface area contributed by atoms with Crippen molar-refractivity contribution in [2.75, 3.05) is 20.4 Å². The number of aryl methyl sites for hydroxylation is 1. The van der Waals surface area contributed by atoms with Crippen LogP contribution in [0.25, 0.3) is 0 Å². The molecule has 0 bridgehead atoms. The number of hydrogen-bond acceptors (Lipinski definition) is 4. The monoisotopic (exact) mass is 500 g/mol. The van der Waals surface area contributed by atoms with E-state index in [1.165, 1.54) is 29.7 Å². The number of nitrogens with one attached hydrogen (secondary N) is 1. The van der Waals surface area contributed by atoms with E-state index in [-0.39, 0.29) is 24.0 Å². The van der Waals surface area contributed by atoms with E-state index in [2.05, 4.69) is 67.5 Å². The van der Waals surface area contributed by atoms with Gasteiger partial charge in [-0.25, -0.2) is 0 Å². The number of rotatable bonds is 5. The van der Waals surface area contributed by atoms with Crippen molar-refractivity contribution in [1.82, 2.24) is 25.0 Å². The summed E-state index contributed by atoms with van der Waals surface area (Å²) in [6.07, 6.45) is 6.83. The average molecular weight is 500 g/mol. The third-order valence-corrected chi connectivity index (χ3v) is 5.49. The van der Waals surface area contributed by atoms with Gasteiger partial charge in [-0.05, 0) is 36.8 Å². The van der Waals surface area contributed by atoms with E-state index in [0.29, 0.717) is 6.54 Å². The summed E-state index contributed by atoms with van der Waals surface area (Å²) in [5.74, 6) is 2.99. The normalized spacial score (nSPS) is 14.1. The smallest absolute Gasteiger partial charge is 0.194 e. The molecule has 1 N–H and O–H groups in total. The van der Waals surface area contributed by atoms with Gasteiger partial charge in [0.05, 0.1) is 6.54 Å². The number of guanidine groups is 1. The molecule has 0 radical (unpaired) electrons. The number of aliphatic imine (C=N–C) groups is 1. The second-order valence-corrected chi connectivity index (χ2v) is 7.48. The van der Waals surface area contributed by atoms with Gasteiger partial charge in [0.15, 0.2) is 11.8 Å². The molecule has 1 aliphatic heterocycles. The van der Waals surface area contributed by atoms with Crippen molar-refractivity contribution in [2.45, 2.75) is 50.2 Å². The Kier molecular flexibility index (Phi) is 8.88. The maximum Gasteiger partial charge on any atom is 0.194 e.